The van der Waals surface area contributed by atoms with Crippen molar-refractivity contribution in [2.75, 3.05) is 4.72 Å². The van der Waals surface area contributed by atoms with Crippen molar-refractivity contribution in [3.8, 4) is 0 Å². The van der Waals surface area contributed by atoms with Crippen LogP contribution in [0.25, 0.3) is 0 Å². The number of hydrogen-bond donors (Lipinski definition) is 1. The molecular formula is C12H9F3N2O2S. The number of alkyl halides is 3. The quantitative estimate of drug-likeness (QED) is 0.948. The Morgan fingerprint density at radius 2 is 1.75 bits per heavy atom. The van der Waals surface area contributed by atoms with Crippen molar-refractivity contribution < 1.29 is 21.6 Å². The van der Waals surface area contributed by atoms with E-state index < -0.39 is 26.7 Å². The summed E-state index contributed by atoms with van der Waals surface area (Å²) in [5.41, 5.74) is -1.12. The number of anilines is 1. The number of sulfonamides is 1. The molecule has 106 valence electrons. The molecule has 0 spiro atoms. The van der Waals surface area contributed by atoms with Crippen LogP contribution in [-0.4, -0.2) is 13.4 Å². The average Bonchev–Trinajstić information content (AvgIpc) is 2.38. The summed E-state index contributed by atoms with van der Waals surface area (Å²) in [7, 11) is -4.34. The fourth-order valence-electron chi connectivity index (χ4n) is 1.57. The minimum absolute atomic E-state index is 0.0875. The molecular weight excluding hydrogens is 293 g/mol. The molecule has 0 aliphatic carbocycles. The maximum absolute atomic E-state index is 12.8. The zero-order valence-electron chi connectivity index (χ0n) is 9.92. The predicted molar refractivity (Wildman–Crippen MR) is 66.5 cm³/mol. The van der Waals surface area contributed by atoms with Gasteiger partial charge in [0.05, 0.1) is 22.3 Å². The first-order valence-corrected chi connectivity index (χ1v) is 6.88. The van der Waals surface area contributed by atoms with E-state index in [-0.39, 0.29) is 5.69 Å². The second kappa shape index (κ2) is 5.12. The van der Waals surface area contributed by atoms with Gasteiger partial charge in [-0.05, 0) is 24.3 Å². The van der Waals surface area contributed by atoms with Crippen molar-refractivity contribution in [2.24, 2.45) is 0 Å². The van der Waals surface area contributed by atoms with Gasteiger partial charge in [0.2, 0.25) is 0 Å². The van der Waals surface area contributed by atoms with Crippen molar-refractivity contribution in [2.45, 2.75) is 11.1 Å². The van der Waals surface area contributed by atoms with E-state index in [1.807, 2.05) is 0 Å². The topological polar surface area (TPSA) is 59.1 Å². The number of rotatable bonds is 3. The average molecular weight is 302 g/mol. The molecule has 0 bridgehead atoms. The Labute approximate surface area is 113 Å². The number of hydrogen-bond acceptors (Lipinski definition) is 3. The summed E-state index contributed by atoms with van der Waals surface area (Å²) in [5, 5.41) is 0. The fraction of sp³-hybridized carbons (Fsp3) is 0.0833. The summed E-state index contributed by atoms with van der Waals surface area (Å²) in [6.07, 6.45) is -2.13. The van der Waals surface area contributed by atoms with Crippen LogP contribution in [0.3, 0.4) is 0 Å². The number of aromatic nitrogens is 1. The number of pyridine rings is 1. The molecule has 0 fully saturated rings. The van der Waals surface area contributed by atoms with E-state index in [1.165, 1.54) is 30.6 Å². The summed E-state index contributed by atoms with van der Waals surface area (Å²) in [5.74, 6) is 0. The highest BCUT2D eigenvalue weighted by atomic mass is 32.2. The summed E-state index contributed by atoms with van der Waals surface area (Å²) in [6, 6.07) is 6.84. The number of halogens is 3. The Morgan fingerprint density at radius 1 is 1.05 bits per heavy atom. The van der Waals surface area contributed by atoms with Crippen LogP contribution in [0, 0.1) is 0 Å². The second-order valence-corrected chi connectivity index (χ2v) is 5.49. The van der Waals surface area contributed by atoms with Crippen molar-refractivity contribution in [1.82, 2.24) is 4.98 Å². The normalized spacial score (nSPS) is 12.2. The first-order chi connectivity index (χ1) is 9.31. The molecule has 8 heteroatoms. The first kappa shape index (κ1) is 14.3. The summed E-state index contributed by atoms with van der Waals surface area (Å²) in [4.78, 5) is 2.86. The molecule has 0 saturated carbocycles. The van der Waals surface area contributed by atoms with Gasteiger partial charge in [0, 0.05) is 6.20 Å². The lowest BCUT2D eigenvalue weighted by molar-refractivity contribution is -0.139. The standard InChI is InChI=1S/C12H9F3N2O2S/c13-12(14,15)10-5-1-2-6-11(10)20(18,19)17-9-4-3-7-16-8-9/h1-8,17H. The van der Waals surface area contributed by atoms with Crippen molar-refractivity contribution >= 4 is 15.7 Å². The van der Waals surface area contributed by atoms with Crippen molar-refractivity contribution in [3.05, 3.63) is 54.4 Å². The molecule has 2 rings (SSSR count). The van der Waals surface area contributed by atoms with Crippen LogP contribution in [0.2, 0.25) is 0 Å². The molecule has 1 N–H and O–H groups in total. The molecule has 1 aromatic carbocycles. The Balaban J connectivity index is 2.46. The maximum atomic E-state index is 12.8. The van der Waals surface area contributed by atoms with E-state index in [4.69, 9.17) is 0 Å². The predicted octanol–water partition coefficient (Wildman–Crippen LogP) is 2.90. The monoisotopic (exact) mass is 302 g/mol. The summed E-state index contributed by atoms with van der Waals surface area (Å²) < 4.78 is 64.6. The summed E-state index contributed by atoms with van der Waals surface area (Å²) in [6.45, 7) is 0. The Hall–Kier alpha value is -2.09. The van der Waals surface area contributed by atoms with Gasteiger partial charge in [-0.15, -0.1) is 0 Å². The zero-order valence-corrected chi connectivity index (χ0v) is 10.7. The van der Waals surface area contributed by atoms with E-state index in [9.17, 15) is 21.6 Å². The molecule has 1 heterocycles. The minimum Gasteiger partial charge on any atom is -0.278 e. The third-order valence-corrected chi connectivity index (χ3v) is 3.84. The van der Waals surface area contributed by atoms with Crippen LogP contribution < -0.4 is 4.72 Å². The molecule has 0 saturated heterocycles. The molecule has 4 nitrogen and oxygen atoms in total. The van der Waals surface area contributed by atoms with Crippen molar-refractivity contribution in [1.29, 1.82) is 0 Å². The van der Waals surface area contributed by atoms with Crippen LogP contribution in [0.15, 0.2) is 53.7 Å². The van der Waals surface area contributed by atoms with Gasteiger partial charge in [0.1, 0.15) is 0 Å². The van der Waals surface area contributed by atoms with E-state index in [1.54, 1.807) is 0 Å². The van der Waals surface area contributed by atoms with Crippen LogP contribution >= 0.6 is 0 Å². The Bertz CT molecular complexity index is 700. The highest BCUT2D eigenvalue weighted by Crippen LogP contribution is 2.34. The third kappa shape index (κ3) is 3.08. The highest BCUT2D eigenvalue weighted by Gasteiger charge is 2.36. The number of nitrogens with zero attached hydrogens (tertiary/aromatic N) is 1. The molecule has 1 aromatic heterocycles. The molecule has 20 heavy (non-hydrogen) atoms. The lowest BCUT2D eigenvalue weighted by atomic mass is 10.2. The molecule has 0 aliphatic rings. The highest BCUT2D eigenvalue weighted by molar-refractivity contribution is 7.92. The molecule has 0 atom stereocenters. The molecule has 0 radical (unpaired) electrons. The van der Waals surface area contributed by atoms with Crippen LogP contribution in [0.4, 0.5) is 18.9 Å². The zero-order chi connectivity index (χ0) is 14.8. The largest absolute Gasteiger partial charge is 0.417 e. The van der Waals surface area contributed by atoms with Gasteiger partial charge in [-0.1, -0.05) is 12.1 Å². The molecule has 0 amide bonds. The smallest absolute Gasteiger partial charge is 0.278 e. The number of nitrogens with one attached hydrogen (secondary N) is 1. The lowest BCUT2D eigenvalue weighted by Gasteiger charge is -2.14. The van der Waals surface area contributed by atoms with Crippen LogP contribution in [-0.2, 0) is 16.2 Å². The van der Waals surface area contributed by atoms with Gasteiger partial charge in [0.15, 0.2) is 0 Å². The van der Waals surface area contributed by atoms with Crippen LogP contribution in [0.1, 0.15) is 5.56 Å². The van der Waals surface area contributed by atoms with Gasteiger partial charge in [-0.25, -0.2) is 8.42 Å². The molecule has 0 aliphatic heterocycles. The van der Waals surface area contributed by atoms with Crippen LogP contribution in [0.5, 0.6) is 0 Å². The maximum Gasteiger partial charge on any atom is 0.417 e. The van der Waals surface area contributed by atoms with Crippen molar-refractivity contribution in [3.63, 3.8) is 0 Å². The van der Waals surface area contributed by atoms with E-state index >= 15 is 0 Å². The van der Waals surface area contributed by atoms with E-state index in [2.05, 4.69) is 9.71 Å². The number of benzene rings is 1. The van der Waals surface area contributed by atoms with E-state index in [0.717, 1.165) is 18.2 Å². The first-order valence-electron chi connectivity index (χ1n) is 5.40. The van der Waals surface area contributed by atoms with Gasteiger partial charge < -0.3 is 0 Å². The SMILES string of the molecule is O=S(=O)(Nc1cccnc1)c1ccccc1C(F)(F)F. The van der Waals surface area contributed by atoms with Gasteiger partial charge in [-0.2, -0.15) is 13.2 Å². The minimum atomic E-state index is -4.75. The van der Waals surface area contributed by atoms with Gasteiger partial charge in [0.25, 0.3) is 10.0 Å². The Morgan fingerprint density at radius 3 is 2.35 bits per heavy atom. The fourth-order valence-corrected chi connectivity index (χ4v) is 2.84. The lowest BCUT2D eigenvalue weighted by Crippen LogP contribution is -2.18. The second-order valence-electron chi connectivity index (χ2n) is 3.84. The molecule has 0 unspecified atom stereocenters. The van der Waals surface area contributed by atoms with Gasteiger partial charge in [-0.3, -0.25) is 9.71 Å². The molecule has 2 aromatic rings. The summed E-state index contributed by atoms with van der Waals surface area (Å²) >= 11 is 0. The van der Waals surface area contributed by atoms with Gasteiger partial charge >= 0.3 is 6.18 Å². The Kier molecular flexibility index (Phi) is 3.67. The third-order valence-electron chi connectivity index (χ3n) is 2.40. The van der Waals surface area contributed by atoms with E-state index in [0.29, 0.717) is 0 Å².